The molecule has 0 fully saturated rings. The lowest BCUT2D eigenvalue weighted by atomic mass is 9.94. The summed E-state index contributed by atoms with van der Waals surface area (Å²) in [7, 11) is 0. The molecule has 4 atom stereocenters. The second-order valence-corrected chi connectivity index (χ2v) is 19.8. The van der Waals surface area contributed by atoms with Crippen LogP contribution in [0.3, 0.4) is 0 Å². The van der Waals surface area contributed by atoms with E-state index in [-0.39, 0.29) is 135 Å². The van der Waals surface area contributed by atoms with Crippen LogP contribution in [0.25, 0.3) is 0 Å². The largest absolute Gasteiger partial charge is 0.481 e. The number of hydrogen-bond acceptors (Lipinski definition) is 16. The number of ether oxygens (including phenoxy) is 4. The predicted octanol–water partition coefficient (Wildman–Crippen LogP) is 4.33. The third-order valence-electron chi connectivity index (χ3n) is 12.8. The molecule has 25 nitrogen and oxygen atoms in total. The average Bonchev–Trinajstić information content (AvgIpc) is 3.40. The molecule has 0 rings (SSSR count). The number of carboxylic acid groups (broad SMARTS) is 5. The molecule has 4 amide bonds. The summed E-state index contributed by atoms with van der Waals surface area (Å²) in [5.74, 6) is -9.40. The quantitative estimate of drug-likeness (QED) is 0.0379. The van der Waals surface area contributed by atoms with Gasteiger partial charge in [-0.05, 0) is 64.3 Å². The molecule has 25 heteroatoms. The van der Waals surface area contributed by atoms with Gasteiger partial charge in [0.25, 0.3) is 0 Å². The number of ketones is 2. The smallest absolute Gasteiger partial charge is 0.326 e. The molecule has 0 aliphatic rings. The summed E-state index contributed by atoms with van der Waals surface area (Å²) in [5.41, 5.74) is 0. The van der Waals surface area contributed by atoms with Crippen LogP contribution in [0.4, 0.5) is 0 Å². The van der Waals surface area contributed by atoms with Crippen molar-refractivity contribution in [2.75, 3.05) is 72.5 Å². The third-order valence-corrected chi connectivity index (χ3v) is 12.8. The number of nitrogens with one attached hydrogen (secondary N) is 5. The van der Waals surface area contributed by atoms with Gasteiger partial charge >= 0.3 is 29.8 Å². The molecule has 0 aromatic carbocycles. The van der Waals surface area contributed by atoms with Crippen molar-refractivity contribution >= 4 is 65.0 Å². The van der Waals surface area contributed by atoms with Gasteiger partial charge in [0.2, 0.25) is 23.6 Å². The van der Waals surface area contributed by atoms with Crippen molar-refractivity contribution in [2.24, 2.45) is 5.92 Å². The fourth-order valence-corrected chi connectivity index (χ4v) is 8.21. The summed E-state index contributed by atoms with van der Waals surface area (Å²) < 4.78 is 21.4. The molecule has 0 aromatic rings. The molecular formula is C55H95N5O20. The maximum Gasteiger partial charge on any atom is 0.326 e. The molecule has 10 N–H and O–H groups in total. The van der Waals surface area contributed by atoms with Crippen LogP contribution < -0.4 is 26.6 Å². The molecule has 0 aliphatic carbocycles. The van der Waals surface area contributed by atoms with E-state index >= 15 is 0 Å². The fraction of sp³-hybridized carbons (Fsp3) is 0.800. The first-order chi connectivity index (χ1) is 38.4. The molecule has 460 valence electrons. The summed E-state index contributed by atoms with van der Waals surface area (Å²) in [5, 5.41) is 59.5. The molecule has 0 bridgehead atoms. The van der Waals surface area contributed by atoms with E-state index < -0.39 is 84.5 Å². The maximum atomic E-state index is 12.6. The summed E-state index contributed by atoms with van der Waals surface area (Å²) in [6, 6.07) is -3.30. The molecule has 0 heterocycles. The van der Waals surface area contributed by atoms with Gasteiger partial charge in [0.05, 0.1) is 39.0 Å². The van der Waals surface area contributed by atoms with Gasteiger partial charge in [0, 0.05) is 64.6 Å². The molecule has 0 spiro atoms. The Morgan fingerprint density at radius 3 is 1.38 bits per heavy atom. The number of carboxylic acids is 5. The van der Waals surface area contributed by atoms with Gasteiger partial charge in [0.1, 0.15) is 37.1 Å². The summed E-state index contributed by atoms with van der Waals surface area (Å²) in [6.07, 6.45) is 15.8. The normalized spacial score (nSPS) is 12.6. The number of carbonyl (C=O) groups is 11. The van der Waals surface area contributed by atoms with Gasteiger partial charge < -0.3 is 71.1 Å². The van der Waals surface area contributed by atoms with Crippen molar-refractivity contribution in [3.63, 3.8) is 0 Å². The summed E-state index contributed by atoms with van der Waals surface area (Å²) >= 11 is 0. The van der Waals surface area contributed by atoms with Crippen molar-refractivity contribution in [2.45, 2.75) is 205 Å². The van der Waals surface area contributed by atoms with E-state index in [4.69, 9.17) is 24.1 Å². The van der Waals surface area contributed by atoms with E-state index in [0.717, 1.165) is 51.4 Å². The Morgan fingerprint density at radius 1 is 0.362 bits per heavy atom. The SMILES string of the molecule is CCN[C@@H](CCCCNC(=O)CC[C@H](CC(=O)CC[C@H](NC(=O)COCCOCCCC(=O)COCCOCCNC(=O)CC[C@H](NC(=O)CCCCCCCCCCCCCCCCC(=O)O)C(=O)O)C(=O)O)C(=O)O)C(=O)O. The van der Waals surface area contributed by atoms with Crippen LogP contribution in [0.2, 0.25) is 0 Å². The van der Waals surface area contributed by atoms with Crippen molar-refractivity contribution in [1.82, 2.24) is 26.6 Å². The highest BCUT2D eigenvalue weighted by Crippen LogP contribution is 2.17. The third kappa shape index (κ3) is 46.2. The van der Waals surface area contributed by atoms with E-state index in [0.29, 0.717) is 38.6 Å². The van der Waals surface area contributed by atoms with E-state index in [2.05, 4.69) is 26.6 Å². The van der Waals surface area contributed by atoms with Gasteiger partial charge in [-0.25, -0.2) is 9.59 Å². The highest BCUT2D eigenvalue weighted by Gasteiger charge is 2.26. The van der Waals surface area contributed by atoms with Crippen LogP contribution in [-0.2, 0) is 71.7 Å². The fourth-order valence-electron chi connectivity index (χ4n) is 8.21. The monoisotopic (exact) mass is 1150 g/mol. The lowest BCUT2D eigenvalue weighted by molar-refractivity contribution is -0.145. The Bertz CT molecular complexity index is 1800. The van der Waals surface area contributed by atoms with E-state index in [1.54, 1.807) is 6.92 Å². The zero-order chi connectivity index (χ0) is 59.6. The van der Waals surface area contributed by atoms with Gasteiger partial charge in [-0.3, -0.25) is 43.2 Å². The lowest BCUT2D eigenvalue weighted by Gasteiger charge is -2.16. The molecule has 80 heavy (non-hydrogen) atoms. The summed E-state index contributed by atoms with van der Waals surface area (Å²) in [6.45, 7) is 2.84. The minimum atomic E-state index is -1.44. The van der Waals surface area contributed by atoms with Crippen molar-refractivity contribution < 1.29 is 97.2 Å². The Morgan fingerprint density at radius 2 is 0.838 bits per heavy atom. The molecular weight excluding hydrogens is 1050 g/mol. The number of aliphatic carboxylic acids is 5. The highest BCUT2D eigenvalue weighted by molar-refractivity contribution is 5.87. The number of unbranched alkanes of at least 4 members (excludes halogenated alkanes) is 14. The number of amides is 4. The number of Topliss-reactive ketones (excluding diaryl/α,β-unsaturated/α-hetero) is 2. The molecule has 0 saturated carbocycles. The van der Waals surface area contributed by atoms with Crippen molar-refractivity contribution in [3.8, 4) is 0 Å². The second-order valence-electron chi connectivity index (χ2n) is 19.8. The van der Waals surface area contributed by atoms with Crippen LogP contribution in [0, 0.1) is 5.92 Å². The Kier molecular flexibility index (Phi) is 46.8. The first-order valence-electron chi connectivity index (χ1n) is 28.7. The van der Waals surface area contributed by atoms with Crippen molar-refractivity contribution in [3.05, 3.63) is 0 Å². The van der Waals surface area contributed by atoms with Crippen molar-refractivity contribution in [1.29, 1.82) is 0 Å². The van der Waals surface area contributed by atoms with E-state index in [1.807, 2.05) is 0 Å². The topological polar surface area (TPSA) is 386 Å². The highest BCUT2D eigenvalue weighted by atomic mass is 16.5. The number of carbonyl (C=O) groups excluding carboxylic acids is 6. The van der Waals surface area contributed by atoms with Gasteiger partial charge in [-0.2, -0.15) is 0 Å². The minimum absolute atomic E-state index is 0.0129. The first kappa shape index (κ1) is 74.4. The number of rotatable bonds is 58. The van der Waals surface area contributed by atoms with Gasteiger partial charge in [-0.15, -0.1) is 0 Å². The van der Waals surface area contributed by atoms with E-state index in [9.17, 15) is 73.2 Å². The zero-order valence-electron chi connectivity index (χ0n) is 47.2. The van der Waals surface area contributed by atoms with Crippen LogP contribution in [0.15, 0.2) is 0 Å². The van der Waals surface area contributed by atoms with Gasteiger partial charge in [-0.1, -0.05) is 84.0 Å². The molecule has 0 radical (unpaired) electrons. The average molecular weight is 1150 g/mol. The van der Waals surface area contributed by atoms with Crippen LogP contribution in [-0.4, -0.2) is 181 Å². The van der Waals surface area contributed by atoms with Gasteiger partial charge in [0.15, 0.2) is 5.78 Å². The minimum Gasteiger partial charge on any atom is -0.481 e. The standard InChI is InChI=1S/C55H95N5O20/c1-2-56-44(53(71)72)21-17-18-30-57-47(63)28-24-41(52(69)70)38-42(61)25-26-45(54(73)74)60-50(66)40-80-37-34-77-32-19-20-43(62)39-79-36-35-78-33-31-58-48(64)29-27-46(55(75)76)59-49(65)22-15-13-11-9-7-5-3-4-6-8-10-12-14-16-23-51(67)68/h41,44-46,56H,2-40H2,1H3,(H,57,63)(H,58,64)(H,59,65)(H,60,66)(H,67,68)(H,69,70)(H,71,72)(H,73,74)(H,75,76)/t41-,44+,45+,46+/m1/s1. The molecule has 0 saturated heterocycles. The first-order valence-corrected chi connectivity index (χ1v) is 28.7. The Hall–Kier alpha value is -5.63. The Labute approximate surface area is 470 Å². The maximum absolute atomic E-state index is 12.6. The zero-order valence-corrected chi connectivity index (χ0v) is 47.2. The van der Waals surface area contributed by atoms with Crippen LogP contribution in [0.5, 0.6) is 0 Å². The predicted molar refractivity (Wildman–Crippen MR) is 292 cm³/mol. The van der Waals surface area contributed by atoms with E-state index in [1.165, 1.54) is 32.1 Å². The summed E-state index contributed by atoms with van der Waals surface area (Å²) in [4.78, 5) is 131. The second kappa shape index (κ2) is 50.3. The molecule has 0 aromatic heterocycles. The molecule has 0 aliphatic heterocycles. The number of hydrogen-bond donors (Lipinski definition) is 10. The lowest BCUT2D eigenvalue weighted by Crippen LogP contribution is -2.42. The number of likely N-dealkylation sites (N-methyl/N-ethyl adjacent to an activating group) is 1. The Balaban J connectivity index is 3.98. The van der Waals surface area contributed by atoms with Crippen LogP contribution >= 0.6 is 0 Å². The van der Waals surface area contributed by atoms with Crippen LogP contribution in [0.1, 0.15) is 187 Å². The molecule has 0 unspecified atom stereocenters.